The molecule has 0 atom stereocenters. The van der Waals surface area contributed by atoms with Gasteiger partial charge in [-0.2, -0.15) is 0 Å². The summed E-state index contributed by atoms with van der Waals surface area (Å²) in [5.41, 5.74) is 1.51. The molecule has 0 saturated heterocycles. The van der Waals surface area contributed by atoms with Gasteiger partial charge in [-0.3, -0.25) is 10.1 Å². The third kappa shape index (κ3) is 4.64. The van der Waals surface area contributed by atoms with Gasteiger partial charge >= 0.3 is 0 Å². The van der Waals surface area contributed by atoms with E-state index < -0.39 is 0 Å². The molecule has 1 heterocycles. The van der Waals surface area contributed by atoms with E-state index in [1.165, 1.54) is 11.3 Å². The topological polar surface area (TPSA) is 51.2 Å². The standard InChI is InChI=1S/C17H11Cl3N2O2S/c18-10-5-6-13(20)15(7-10)24-8-16(23)22-17-21-14(9-25-17)11-3-1-2-4-12(11)19/h1-7,9H,8H2,(H,21,22,23). The van der Waals surface area contributed by atoms with E-state index in [9.17, 15) is 4.79 Å². The van der Waals surface area contributed by atoms with Gasteiger partial charge in [-0.15, -0.1) is 11.3 Å². The minimum absolute atomic E-state index is 0.207. The van der Waals surface area contributed by atoms with Crippen molar-refractivity contribution in [2.24, 2.45) is 0 Å². The third-order valence-corrected chi connectivity index (χ3v) is 4.79. The highest BCUT2D eigenvalue weighted by Gasteiger charge is 2.11. The van der Waals surface area contributed by atoms with E-state index in [0.717, 1.165) is 5.56 Å². The Morgan fingerprint density at radius 1 is 1.12 bits per heavy atom. The summed E-state index contributed by atoms with van der Waals surface area (Å²) in [5.74, 6) is -0.00341. The van der Waals surface area contributed by atoms with Crippen molar-refractivity contribution in [1.82, 2.24) is 4.98 Å². The maximum absolute atomic E-state index is 12.0. The first-order valence-electron chi connectivity index (χ1n) is 7.11. The number of halogens is 3. The van der Waals surface area contributed by atoms with Crippen molar-refractivity contribution in [3.63, 3.8) is 0 Å². The molecular weight excluding hydrogens is 403 g/mol. The fourth-order valence-electron chi connectivity index (χ4n) is 2.01. The molecule has 8 heteroatoms. The second-order valence-electron chi connectivity index (χ2n) is 4.93. The zero-order chi connectivity index (χ0) is 17.8. The quantitative estimate of drug-likeness (QED) is 0.576. The number of amides is 1. The summed E-state index contributed by atoms with van der Waals surface area (Å²) in [5, 5.41) is 6.42. The minimum atomic E-state index is -0.351. The summed E-state index contributed by atoms with van der Waals surface area (Å²) in [6.45, 7) is -0.207. The van der Waals surface area contributed by atoms with Crippen LogP contribution in [0.2, 0.25) is 15.1 Å². The van der Waals surface area contributed by atoms with Crippen molar-refractivity contribution in [2.45, 2.75) is 0 Å². The lowest BCUT2D eigenvalue weighted by Gasteiger charge is -2.07. The van der Waals surface area contributed by atoms with E-state index in [0.29, 0.717) is 31.6 Å². The fraction of sp³-hybridized carbons (Fsp3) is 0.0588. The number of ether oxygens (including phenoxy) is 1. The fourth-order valence-corrected chi connectivity index (χ4v) is 3.30. The molecule has 1 amide bonds. The third-order valence-electron chi connectivity index (χ3n) is 3.15. The number of benzene rings is 2. The normalized spacial score (nSPS) is 10.5. The molecule has 0 bridgehead atoms. The average molecular weight is 414 g/mol. The molecule has 3 aromatic rings. The zero-order valence-corrected chi connectivity index (χ0v) is 15.7. The van der Waals surface area contributed by atoms with Crippen LogP contribution in [0, 0.1) is 0 Å². The zero-order valence-electron chi connectivity index (χ0n) is 12.6. The molecule has 0 aliphatic carbocycles. The number of hydrogen-bond donors (Lipinski definition) is 1. The van der Waals surface area contributed by atoms with E-state index in [1.54, 1.807) is 24.3 Å². The molecule has 1 aromatic heterocycles. The second-order valence-corrected chi connectivity index (χ2v) is 7.04. The second kappa shape index (κ2) is 8.06. The van der Waals surface area contributed by atoms with Crippen molar-refractivity contribution in [1.29, 1.82) is 0 Å². The average Bonchev–Trinajstić information content (AvgIpc) is 3.04. The van der Waals surface area contributed by atoms with Crippen LogP contribution in [0.5, 0.6) is 5.75 Å². The Kier molecular flexibility index (Phi) is 5.81. The lowest BCUT2D eigenvalue weighted by Crippen LogP contribution is -2.20. The lowest BCUT2D eigenvalue weighted by atomic mass is 10.2. The van der Waals surface area contributed by atoms with Gasteiger partial charge in [0.25, 0.3) is 5.91 Å². The number of rotatable bonds is 5. The Hall–Kier alpha value is -1.79. The predicted octanol–water partition coefficient (Wildman–Crippen LogP) is 5.79. The number of carbonyl (C=O) groups is 1. The summed E-state index contributed by atoms with van der Waals surface area (Å²) >= 11 is 19.3. The van der Waals surface area contributed by atoms with Crippen LogP contribution < -0.4 is 10.1 Å². The Labute approximate surface area is 163 Å². The summed E-state index contributed by atoms with van der Waals surface area (Å²) in [6.07, 6.45) is 0. The van der Waals surface area contributed by atoms with E-state index in [2.05, 4.69) is 10.3 Å². The van der Waals surface area contributed by atoms with Gasteiger partial charge < -0.3 is 4.74 Å². The molecule has 128 valence electrons. The van der Waals surface area contributed by atoms with Gasteiger partial charge in [-0.1, -0.05) is 53.0 Å². The van der Waals surface area contributed by atoms with Crippen molar-refractivity contribution in [3.05, 3.63) is 62.9 Å². The molecule has 25 heavy (non-hydrogen) atoms. The molecule has 0 aliphatic heterocycles. The first-order valence-corrected chi connectivity index (χ1v) is 9.12. The van der Waals surface area contributed by atoms with E-state index >= 15 is 0 Å². The molecule has 0 aliphatic rings. The molecule has 0 saturated carbocycles. The van der Waals surface area contributed by atoms with Crippen molar-refractivity contribution in [2.75, 3.05) is 11.9 Å². The van der Waals surface area contributed by atoms with Crippen LogP contribution in [-0.2, 0) is 4.79 Å². The number of thiazole rings is 1. The van der Waals surface area contributed by atoms with Gasteiger partial charge in [0.2, 0.25) is 0 Å². The van der Waals surface area contributed by atoms with Crippen LogP contribution >= 0.6 is 46.1 Å². The molecule has 0 fully saturated rings. The van der Waals surface area contributed by atoms with Gasteiger partial charge in [0.05, 0.1) is 10.7 Å². The van der Waals surface area contributed by atoms with E-state index in [1.807, 2.05) is 23.6 Å². The molecule has 0 radical (unpaired) electrons. The maximum atomic E-state index is 12.0. The molecule has 2 aromatic carbocycles. The van der Waals surface area contributed by atoms with Crippen LogP contribution in [0.15, 0.2) is 47.8 Å². The monoisotopic (exact) mass is 412 g/mol. The summed E-state index contributed by atoms with van der Waals surface area (Å²) in [7, 11) is 0. The summed E-state index contributed by atoms with van der Waals surface area (Å²) < 4.78 is 5.39. The highest BCUT2D eigenvalue weighted by atomic mass is 35.5. The first kappa shape index (κ1) is 18.0. The molecule has 3 rings (SSSR count). The molecule has 1 N–H and O–H groups in total. The Balaban J connectivity index is 1.62. The number of carbonyl (C=O) groups excluding carboxylic acids is 1. The lowest BCUT2D eigenvalue weighted by molar-refractivity contribution is -0.118. The van der Waals surface area contributed by atoms with Crippen molar-refractivity contribution in [3.8, 4) is 17.0 Å². The molecule has 4 nitrogen and oxygen atoms in total. The van der Waals surface area contributed by atoms with Gasteiger partial charge in [0, 0.05) is 27.1 Å². The highest BCUT2D eigenvalue weighted by Crippen LogP contribution is 2.30. The summed E-state index contributed by atoms with van der Waals surface area (Å²) in [6, 6.07) is 12.2. The smallest absolute Gasteiger partial charge is 0.264 e. The number of nitrogens with one attached hydrogen (secondary N) is 1. The summed E-state index contributed by atoms with van der Waals surface area (Å²) in [4.78, 5) is 16.4. The van der Waals surface area contributed by atoms with Crippen molar-refractivity contribution < 1.29 is 9.53 Å². The van der Waals surface area contributed by atoms with Crippen LogP contribution in [0.3, 0.4) is 0 Å². The number of aromatic nitrogens is 1. The molecule has 0 spiro atoms. The molecular formula is C17H11Cl3N2O2S. The maximum Gasteiger partial charge on any atom is 0.264 e. The number of hydrogen-bond acceptors (Lipinski definition) is 4. The van der Waals surface area contributed by atoms with Crippen LogP contribution in [0.4, 0.5) is 5.13 Å². The Bertz CT molecular complexity index is 914. The van der Waals surface area contributed by atoms with Gasteiger partial charge in [-0.25, -0.2) is 4.98 Å². The Morgan fingerprint density at radius 2 is 1.92 bits per heavy atom. The van der Waals surface area contributed by atoms with Gasteiger partial charge in [0.15, 0.2) is 11.7 Å². The predicted molar refractivity (Wildman–Crippen MR) is 103 cm³/mol. The molecule has 0 unspecified atom stereocenters. The highest BCUT2D eigenvalue weighted by molar-refractivity contribution is 7.14. The largest absolute Gasteiger partial charge is 0.482 e. The minimum Gasteiger partial charge on any atom is -0.482 e. The number of anilines is 1. The SMILES string of the molecule is O=C(COc1cc(Cl)ccc1Cl)Nc1nc(-c2ccccc2Cl)cs1. The van der Waals surface area contributed by atoms with Gasteiger partial charge in [-0.05, 0) is 18.2 Å². The van der Waals surface area contributed by atoms with Crippen molar-refractivity contribution >= 4 is 57.2 Å². The van der Waals surface area contributed by atoms with Crippen LogP contribution in [-0.4, -0.2) is 17.5 Å². The first-order chi connectivity index (χ1) is 12.0. The van der Waals surface area contributed by atoms with Crippen LogP contribution in [0.25, 0.3) is 11.3 Å². The van der Waals surface area contributed by atoms with E-state index in [-0.39, 0.29) is 12.5 Å². The number of nitrogens with zero attached hydrogens (tertiary/aromatic N) is 1. The van der Waals surface area contributed by atoms with Crippen LogP contribution in [0.1, 0.15) is 0 Å². The Morgan fingerprint density at radius 3 is 2.72 bits per heavy atom. The van der Waals surface area contributed by atoms with E-state index in [4.69, 9.17) is 39.5 Å². The van der Waals surface area contributed by atoms with Gasteiger partial charge in [0.1, 0.15) is 5.75 Å².